The van der Waals surface area contributed by atoms with Gasteiger partial charge in [-0.05, 0) is 29.6 Å². The number of carbonyl (C=O) groups excluding carboxylic acids is 1. The Hall–Kier alpha value is -2.28. The molecule has 1 heterocycles. The lowest BCUT2D eigenvalue weighted by molar-refractivity contribution is -0.118. The fraction of sp³-hybridized carbons (Fsp3) is 0.417. The highest BCUT2D eigenvalue weighted by Gasteiger charge is 2.21. The molecule has 0 aliphatic carbocycles. The standard InChI is InChI=1S/C12H14N4O4/c13-16-14-4-3-9(17)12(19)7-1-2-10-8(5-7)15-11(18)6-20-10/h1-2,5,9,12,17,19H,3-4,6H2,(H,15,18). The van der Waals surface area contributed by atoms with E-state index in [1.165, 1.54) is 0 Å². The SMILES string of the molecule is [N-]=[N+]=NCCC(O)C(O)c1ccc2c(c1)NC(=O)CO2. The molecular weight excluding hydrogens is 264 g/mol. The number of nitrogens with zero attached hydrogens (tertiary/aromatic N) is 3. The highest BCUT2D eigenvalue weighted by Crippen LogP contribution is 2.31. The van der Waals surface area contributed by atoms with Crippen molar-refractivity contribution in [3.8, 4) is 5.75 Å². The van der Waals surface area contributed by atoms with Crippen molar-refractivity contribution in [2.24, 2.45) is 5.11 Å². The summed E-state index contributed by atoms with van der Waals surface area (Å²) >= 11 is 0. The second-order valence-electron chi connectivity index (χ2n) is 4.35. The molecule has 2 rings (SSSR count). The van der Waals surface area contributed by atoms with Gasteiger partial charge in [-0.2, -0.15) is 0 Å². The summed E-state index contributed by atoms with van der Waals surface area (Å²) in [6.45, 7) is 0.0587. The molecule has 1 aromatic rings. The van der Waals surface area contributed by atoms with Crippen LogP contribution in [0.2, 0.25) is 0 Å². The third-order valence-electron chi connectivity index (χ3n) is 2.93. The van der Waals surface area contributed by atoms with Crippen LogP contribution >= 0.6 is 0 Å². The first kappa shape index (κ1) is 14.1. The second kappa shape index (κ2) is 6.25. The molecule has 0 aromatic heterocycles. The molecule has 1 amide bonds. The van der Waals surface area contributed by atoms with Crippen molar-refractivity contribution in [1.82, 2.24) is 0 Å². The number of benzene rings is 1. The average Bonchev–Trinajstić information content (AvgIpc) is 2.45. The maximum absolute atomic E-state index is 11.2. The number of fused-ring (bicyclic) bond motifs is 1. The molecule has 0 bridgehead atoms. The monoisotopic (exact) mass is 278 g/mol. The minimum atomic E-state index is -1.13. The molecule has 0 spiro atoms. The van der Waals surface area contributed by atoms with Crippen LogP contribution in [0.3, 0.4) is 0 Å². The number of carbonyl (C=O) groups is 1. The number of aliphatic hydroxyl groups excluding tert-OH is 2. The number of ether oxygens (including phenoxy) is 1. The van der Waals surface area contributed by atoms with E-state index in [2.05, 4.69) is 15.3 Å². The van der Waals surface area contributed by atoms with Crippen molar-refractivity contribution >= 4 is 11.6 Å². The van der Waals surface area contributed by atoms with E-state index in [0.29, 0.717) is 17.0 Å². The molecule has 1 aromatic carbocycles. The summed E-state index contributed by atoms with van der Waals surface area (Å²) in [5.74, 6) is 0.247. The van der Waals surface area contributed by atoms with Gasteiger partial charge < -0.3 is 20.3 Å². The Morgan fingerprint density at radius 3 is 3.05 bits per heavy atom. The summed E-state index contributed by atoms with van der Waals surface area (Å²) in [6.07, 6.45) is -2.04. The van der Waals surface area contributed by atoms with Gasteiger partial charge in [0, 0.05) is 11.5 Å². The van der Waals surface area contributed by atoms with Gasteiger partial charge in [0.15, 0.2) is 6.61 Å². The highest BCUT2D eigenvalue weighted by atomic mass is 16.5. The number of azide groups is 1. The molecule has 0 saturated heterocycles. The van der Waals surface area contributed by atoms with Crippen LogP contribution in [0, 0.1) is 0 Å². The Bertz CT molecular complexity index is 556. The van der Waals surface area contributed by atoms with Gasteiger partial charge >= 0.3 is 0 Å². The largest absolute Gasteiger partial charge is 0.482 e. The van der Waals surface area contributed by atoms with E-state index in [1.807, 2.05) is 0 Å². The van der Waals surface area contributed by atoms with Crippen LogP contribution in [0.5, 0.6) is 5.75 Å². The number of rotatable bonds is 5. The zero-order chi connectivity index (χ0) is 14.5. The molecule has 1 aliphatic rings. The molecule has 1 aliphatic heterocycles. The van der Waals surface area contributed by atoms with Crippen LogP contribution in [0.15, 0.2) is 23.3 Å². The molecule has 3 N–H and O–H groups in total. The van der Waals surface area contributed by atoms with Crippen LogP contribution in [-0.2, 0) is 4.79 Å². The summed E-state index contributed by atoms with van der Waals surface area (Å²) in [6, 6.07) is 4.78. The van der Waals surface area contributed by atoms with Crippen LogP contribution in [-0.4, -0.2) is 35.4 Å². The zero-order valence-electron chi connectivity index (χ0n) is 10.6. The lowest BCUT2D eigenvalue weighted by atomic mass is 10.0. The van der Waals surface area contributed by atoms with Crippen molar-refractivity contribution in [3.63, 3.8) is 0 Å². The molecule has 8 heteroatoms. The Balaban J connectivity index is 2.10. The predicted molar refractivity (Wildman–Crippen MR) is 70.2 cm³/mol. The number of hydrogen-bond donors (Lipinski definition) is 3. The van der Waals surface area contributed by atoms with Crippen molar-refractivity contribution in [2.45, 2.75) is 18.6 Å². The Morgan fingerprint density at radius 1 is 1.50 bits per heavy atom. The molecule has 8 nitrogen and oxygen atoms in total. The highest BCUT2D eigenvalue weighted by molar-refractivity contribution is 5.95. The maximum Gasteiger partial charge on any atom is 0.262 e. The maximum atomic E-state index is 11.2. The van der Waals surface area contributed by atoms with Gasteiger partial charge in [-0.3, -0.25) is 4.79 Å². The van der Waals surface area contributed by atoms with E-state index in [4.69, 9.17) is 10.3 Å². The van der Waals surface area contributed by atoms with Gasteiger partial charge in [-0.1, -0.05) is 11.2 Å². The first-order chi connectivity index (χ1) is 9.61. The third kappa shape index (κ3) is 3.18. The van der Waals surface area contributed by atoms with E-state index >= 15 is 0 Å². The fourth-order valence-electron chi connectivity index (χ4n) is 1.90. The number of aliphatic hydroxyl groups is 2. The summed E-state index contributed by atoms with van der Waals surface area (Å²) in [4.78, 5) is 13.8. The molecule has 20 heavy (non-hydrogen) atoms. The number of amides is 1. The lowest BCUT2D eigenvalue weighted by Crippen LogP contribution is -2.26. The smallest absolute Gasteiger partial charge is 0.262 e. The van der Waals surface area contributed by atoms with Gasteiger partial charge in [0.2, 0.25) is 0 Å². The molecule has 2 unspecified atom stereocenters. The Labute approximate surface area is 114 Å². The molecule has 0 radical (unpaired) electrons. The van der Waals surface area contributed by atoms with E-state index < -0.39 is 12.2 Å². The van der Waals surface area contributed by atoms with Crippen molar-refractivity contribution in [3.05, 3.63) is 34.2 Å². The van der Waals surface area contributed by atoms with Gasteiger partial charge in [-0.15, -0.1) is 0 Å². The van der Waals surface area contributed by atoms with Gasteiger partial charge in [-0.25, -0.2) is 0 Å². The number of hydrogen-bond acceptors (Lipinski definition) is 5. The average molecular weight is 278 g/mol. The molecule has 2 atom stereocenters. The van der Waals surface area contributed by atoms with Crippen molar-refractivity contribution in [2.75, 3.05) is 18.5 Å². The van der Waals surface area contributed by atoms with Gasteiger partial charge in [0.1, 0.15) is 11.9 Å². The minimum absolute atomic E-state index is 0.0380. The molecule has 0 saturated carbocycles. The van der Waals surface area contributed by atoms with Crippen LogP contribution < -0.4 is 10.1 Å². The fourth-order valence-corrected chi connectivity index (χ4v) is 1.90. The van der Waals surface area contributed by atoms with E-state index in [0.717, 1.165) is 0 Å². The molecule has 0 fully saturated rings. The van der Waals surface area contributed by atoms with Gasteiger partial charge in [0.25, 0.3) is 5.91 Å². The topological polar surface area (TPSA) is 128 Å². The third-order valence-corrected chi connectivity index (χ3v) is 2.93. The van der Waals surface area contributed by atoms with Crippen molar-refractivity contribution in [1.29, 1.82) is 0 Å². The first-order valence-corrected chi connectivity index (χ1v) is 6.05. The van der Waals surface area contributed by atoms with Crippen LogP contribution in [0.1, 0.15) is 18.1 Å². The Kier molecular flexibility index (Phi) is 4.41. The van der Waals surface area contributed by atoms with E-state index in [9.17, 15) is 15.0 Å². The molecular formula is C12H14N4O4. The Morgan fingerprint density at radius 2 is 2.30 bits per heavy atom. The number of nitrogens with one attached hydrogen (secondary N) is 1. The van der Waals surface area contributed by atoms with E-state index in [1.54, 1.807) is 18.2 Å². The summed E-state index contributed by atoms with van der Waals surface area (Å²) < 4.78 is 5.20. The van der Waals surface area contributed by atoms with Gasteiger partial charge in [0.05, 0.1) is 11.8 Å². The predicted octanol–water partition coefficient (Wildman–Crippen LogP) is 1.11. The minimum Gasteiger partial charge on any atom is -0.482 e. The summed E-state index contributed by atoms with van der Waals surface area (Å²) in [5, 5.41) is 25.7. The summed E-state index contributed by atoms with van der Waals surface area (Å²) in [5.41, 5.74) is 9.06. The molecule has 106 valence electrons. The quantitative estimate of drug-likeness (QED) is 0.423. The van der Waals surface area contributed by atoms with Crippen molar-refractivity contribution < 1.29 is 19.7 Å². The first-order valence-electron chi connectivity index (χ1n) is 6.05. The normalized spacial score (nSPS) is 16.2. The second-order valence-corrected chi connectivity index (χ2v) is 4.35. The van der Waals surface area contributed by atoms with Crippen LogP contribution in [0.4, 0.5) is 5.69 Å². The summed E-state index contributed by atoms with van der Waals surface area (Å²) in [7, 11) is 0. The van der Waals surface area contributed by atoms with E-state index in [-0.39, 0.29) is 25.5 Å². The zero-order valence-corrected chi connectivity index (χ0v) is 10.6. The lowest BCUT2D eigenvalue weighted by Gasteiger charge is -2.22. The number of anilines is 1. The van der Waals surface area contributed by atoms with Crippen LogP contribution in [0.25, 0.3) is 10.4 Å².